The van der Waals surface area contributed by atoms with E-state index in [4.69, 9.17) is 5.73 Å². The van der Waals surface area contributed by atoms with Crippen LogP contribution in [0.2, 0.25) is 0 Å². The Bertz CT molecular complexity index is 802. The monoisotopic (exact) mass is 513 g/mol. The Hall–Kier alpha value is -1.48. The summed E-state index contributed by atoms with van der Waals surface area (Å²) in [7, 11) is 2.06. The van der Waals surface area contributed by atoms with Crippen LogP contribution in [0.3, 0.4) is 0 Å². The second kappa shape index (κ2) is 11.1. The van der Waals surface area contributed by atoms with Crippen LogP contribution in [0.25, 0.3) is 0 Å². The lowest BCUT2D eigenvalue weighted by Gasteiger charge is -2.46. The van der Waals surface area contributed by atoms with Gasteiger partial charge in [-0.1, -0.05) is 0 Å². The van der Waals surface area contributed by atoms with Gasteiger partial charge in [0.1, 0.15) is 12.3 Å². The van der Waals surface area contributed by atoms with Crippen molar-refractivity contribution in [2.75, 3.05) is 72.5 Å². The number of fused-ring (bicyclic) bond motifs is 1. The topological polar surface area (TPSA) is 121 Å². The Morgan fingerprint density at radius 2 is 1.81 bits per heavy atom. The van der Waals surface area contributed by atoms with Crippen molar-refractivity contribution in [3.05, 3.63) is 0 Å². The molecule has 5 aliphatic rings. The van der Waals surface area contributed by atoms with Gasteiger partial charge in [0.05, 0.1) is 36.3 Å². The number of hydrazine groups is 1. The molecular weight excluding hydrogens is 472 g/mol. The van der Waals surface area contributed by atoms with Gasteiger partial charge in [-0.25, -0.2) is 19.2 Å². The number of rotatable bonds is 4. The Balaban J connectivity index is 1.24. The van der Waals surface area contributed by atoms with Crippen LogP contribution in [0.15, 0.2) is 0 Å². The molecule has 5 saturated heterocycles. The highest BCUT2D eigenvalue weighted by Crippen LogP contribution is 2.27. The van der Waals surface area contributed by atoms with Crippen molar-refractivity contribution in [3.63, 3.8) is 0 Å². The number of amides is 2. The minimum absolute atomic E-state index is 0.151. The zero-order chi connectivity index (χ0) is 25.4. The van der Waals surface area contributed by atoms with Gasteiger partial charge in [-0.3, -0.25) is 19.8 Å². The van der Waals surface area contributed by atoms with Crippen molar-refractivity contribution in [1.82, 2.24) is 41.1 Å². The molecule has 0 bridgehead atoms. The lowest BCUT2D eigenvalue weighted by molar-refractivity contribution is -0.140. The molecule has 0 aromatic carbocycles. The normalized spacial score (nSPS) is 41.2. The third-order valence-corrected chi connectivity index (χ3v) is 8.48. The molecule has 6 N–H and O–H groups in total. The fourth-order valence-corrected chi connectivity index (χ4v) is 6.51. The number of hydrogen-bond acceptors (Lipinski definition) is 9. The number of piperazine rings is 1. The molecule has 36 heavy (non-hydrogen) atoms. The summed E-state index contributed by atoms with van der Waals surface area (Å²) in [5.74, 6) is -0.900. The van der Waals surface area contributed by atoms with Crippen LogP contribution in [-0.2, 0) is 9.59 Å². The fraction of sp³-hybridized carbons (Fsp3) is 0.913. The van der Waals surface area contributed by atoms with Crippen molar-refractivity contribution in [2.24, 2.45) is 17.6 Å². The highest BCUT2D eigenvalue weighted by Gasteiger charge is 2.49. The zero-order valence-electron chi connectivity index (χ0n) is 21.0. The van der Waals surface area contributed by atoms with E-state index in [0.29, 0.717) is 19.6 Å². The van der Waals surface area contributed by atoms with E-state index >= 15 is 4.39 Å². The fourth-order valence-electron chi connectivity index (χ4n) is 6.51. The molecule has 5 fully saturated rings. The third-order valence-electron chi connectivity index (χ3n) is 8.48. The molecule has 5 aliphatic heterocycles. The second-order valence-electron chi connectivity index (χ2n) is 11.0. The second-order valence-corrected chi connectivity index (χ2v) is 11.0. The summed E-state index contributed by atoms with van der Waals surface area (Å²) in [4.78, 5) is 32.9. The number of halogens is 2. The van der Waals surface area contributed by atoms with Crippen LogP contribution in [0, 0.1) is 11.8 Å². The van der Waals surface area contributed by atoms with Gasteiger partial charge in [-0.05, 0) is 26.4 Å². The van der Waals surface area contributed by atoms with Crippen LogP contribution in [0.4, 0.5) is 8.78 Å². The van der Waals surface area contributed by atoms with Gasteiger partial charge < -0.3 is 26.2 Å². The summed E-state index contributed by atoms with van der Waals surface area (Å²) >= 11 is 0. The number of carbonyl (C=O) groups is 2. The first kappa shape index (κ1) is 26.1. The average molecular weight is 514 g/mol. The highest BCUT2D eigenvalue weighted by atomic mass is 19.1. The van der Waals surface area contributed by atoms with Gasteiger partial charge in [0.25, 0.3) is 0 Å². The number of piperidine rings is 2. The molecule has 0 aromatic rings. The lowest BCUT2D eigenvalue weighted by Crippen LogP contribution is -2.67. The molecule has 204 valence electrons. The van der Waals surface area contributed by atoms with Crippen molar-refractivity contribution < 1.29 is 18.4 Å². The largest absolute Gasteiger partial charge is 0.350 e. The molecule has 8 unspecified atom stereocenters. The van der Waals surface area contributed by atoms with E-state index in [2.05, 4.69) is 38.2 Å². The number of nitrogens with zero attached hydrogens (tertiary/aromatic N) is 4. The number of carbonyl (C=O) groups excluding carboxylic acids is 2. The van der Waals surface area contributed by atoms with Gasteiger partial charge in [0.2, 0.25) is 11.8 Å². The molecule has 0 spiro atoms. The summed E-state index contributed by atoms with van der Waals surface area (Å²) in [5, 5.41) is 10.9. The predicted octanol–water partition coefficient (Wildman–Crippen LogP) is -2.74. The summed E-state index contributed by atoms with van der Waals surface area (Å²) < 4.78 is 29.2. The van der Waals surface area contributed by atoms with E-state index in [0.717, 1.165) is 39.0 Å². The molecule has 0 aliphatic carbocycles. The van der Waals surface area contributed by atoms with E-state index in [1.165, 1.54) is 0 Å². The molecule has 11 nitrogen and oxygen atoms in total. The Labute approximate surface area is 211 Å². The first-order chi connectivity index (χ1) is 17.3. The SMILES string of the molecule is CN1CCN(C(=O)C2CCCN(C3C(F)CNCC3NC(=O)C3C(N)NN4CC(F)CNC34)C2)CC1. The summed E-state index contributed by atoms with van der Waals surface area (Å²) in [6.07, 6.45) is -1.66. The maximum absolute atomic E-state index is 15.4. The lowest BCUT2D eigenvalue weighted by atomic mass is 9.90. The molecule has 5 heterocycles. The first-order valence-electron chi connectivity index (χ1n) is 13.3. The quantitative estimate of drug-likeness (QED) is 0.273. The summed E-state index contributed by atoms with van der Waals surface area (Å²) in [6.45, 7) is 5.38. The molecule has 0 radical (unpaired) electrons. The van der Waals surface area contributed by atoms with Gasteiger partial charge in [0.15, 0.2) is 0 Å². The molecule has 2 amide bonds. The van der Waals surface area contributed by atoms with Crippen LogP contribution in [-0.4, -0.2) is 141 Å². The predicted molar refractivity (Wildman–Crippen MR) is 130 cm³/mol. The van der Waals surface area contributed by atoms with Gasteiger partial charge in [0, 0.05) is 58.9 Å². The number of nitrogens with one attached hydrogen (secondary N) is 4. The van der Waals surface area contributed by atoms with Crippen LogP contribution >= 0.6 is 0 Å². The first-order valence-corrected chi connectivity index (χ1v) is 13.3. The van der Waals surface area contributed by atoms with E-state index in [9.17, 15) is 14.0 Å². The molecule has 13 heteroatoms. The number of likely N-dealkylation sites (N-methyl/N-ethyl adjacent to an activating group) is 1. The molecule has 0 aromatic heterocycles. The van der Waals surface area contributed by atoms with Crippen LogP contribution in [0.1, 0.15) is 12.8 Å². The molecular formula is C23H41F2N9O2. The van der Waals surface area contributed by atoms with Crippen molar-refractivity contribution in [2.45, 2.75) is 49.6 Å². The van der Waals surface area contributed by atoms with Crippen LogP contribution < -0.4 is 27.1 Å². The van der Waals surface area contributed by atoms with E-state index < -0.39 is 42.7 Å². The standard InChI is InChI=1S/C23H41F2N9O2/c1-31-5-7-32(8-6-31)23(36)14-3-2-4-33(12-14)19-16(25)10-27-11-17(19)29-22(35)18-20(26)30-34-13-15(24)9-28-21(18)34/h14-21,27-28,30H,2-13,26H2,1H3,(H,29,35). The maximum atomic E-state index is 15.4. The van der Waals surface area contributed by atoms with Gasteiger partial charge in [-0.2, -0.15) is 0 Å². The maximum Gasteiger partial charge on any atom is 0.229 e. The highest BCUT2D eigenvalue weighted by molar-refractivity contribution is 5.81. The number of hydrogen-bond donors (Lipinski definition) is 5. The summed E-state index contributed by atoms with van der Waals surface area (Å²) in [6, 6.07) is -0.980. The number of nitrogens with two attached hydrogens (primary N) is 1. The van der Waals surface area contributed by atoms with E-state index in [1.54, 1.807) is 5.01 Å². The van der Waals surface area contributed by atoms with E-state index in [1.807, 2.05) is 4.90 Å². The molecule has 0 saturated carbocycles. The third kappa shape index (κ3) is 5.38. The smallest absolute Gasteiger partial charge is 0.229 e. The number of likely N-dealkylation sites (tertiary alicyclic amines) is 1. The van der Waals surface area contributed by atoms with Gasteiger partial charge in [-0.15, -0.1) is 0 Å². The van der Waals surface area contributed by atoms with E-state index in [-0.39, 0.29) is 37.4 Å². The Morgan fingerprint density at radius 3 is 2.58 bits per heavy atom. The minimum atomic E-state index is -1.17. The zero-order valence-corrected chi connectivity index (χ0v) is 21.0. The Morgan fingerprint density at radius 1 is 1.03 bits per heavy atom. The molecule has 8 atom stereocenters. The van der Waals surface area contributed by atoms with Gasteiger partial charge >= 0.3 is 0 Å². The Kier molecular flexibility index (Phi) is 8.06. The summed E-state index contributed by atoms with van der Waals surface area (Å²) in [5.41, 5.74) is 9.20. The molecule has 5 rings (SSSR count). The van der Waals surface area contributed by atoms with Crippen molar-refractivity contribution in [3.8, 4) is 0 Å². The average Bonchev–Trinajstić information content (AvgIpc) is 3.19. The van der Waals surface area contributed by atoms with Crippen molar-refractivity contribution >= 4 is 11.8 Å². The van der Waals surface area contributed by atoms with Crippen molar-refractivity contribution in [1.29, 1.82) is 0 Å². The van der Waals surface area contributed by atoms with Crippen LogP contribution in [0.5, 0.6) is 0 Å². The minimum Gasteiger partial charge on any atom is -0.350 e. The number of alkyl halides is 2.